The van der Waals surface area contributed by atoms with Gasteiger partial charge >= 0.3 is 5.97 Å². The number of rotatable bonds is 2. The van der Waals surface area contributed by atoms with Crippen LogP contribution in [0.5, 0.6) is 0 Å². The zero-order valence-corrected chi connectivity index (χ0v) is 8.95. The van der Waals surface area contributed by atoms with Gasteiger partial charge in [-0.1, -0.05) is 18.2 Å². The van der Waals surface area contributed by atoms with Gasteiger partial charge in [0.1, 0.15) is 17.5 Å². The van der Waals surface area contributed by atoms with Crippen molar-refractivity contribution in [2.45, 2.75) is 0 Å². The van der Waals surface area contributed by atoms with Gasteiger partial charge < -0.3 is 5.11 Å². The maximum absolute atomic E-state index is 13.9. The number of carbonyl (C=O) groups is 1. The summed E-state index contributed by atoms with van der Waals surface area (Å²) in [7, 11) is 0. The number of halogens is 3. The molecule has 0 heterocycles. The molecule has 0 bridgehead atoms. The molecule has 0 aromatic heterocycles. The van der Waals surface area contributed by atoms with Crippen LogP contribution in [0.15, 0.2) is 36.4 Å². The summed E-state index contributed by atoms with van der Waals surface area (Å²) in [5.41, 5.74) is -1.68. The maximum atomic E-state index is 13.9. The van der Waals surface area contributed by atoms with Crippen LogP contribution in [0.1, 0.15) is 10.4 Å². The van der Waals surface area contributed by atoms with E-state index in [-0.39, 0.29) is 5.56 Å². The van der Waals surface area contributed by atoms with Crippen LogP contribution in [0.3, 0.4) is 0 Å². The molecule has 0 amide bonds. The van der Waals surface area contributed by atoms with E-state index in [0.717, 1.165) is 18.2 Å². The smallest absolute Gasteiger partial charge is 0.338 e. The lowest BCUT2D eigenvalue weighted by molar-refractivity contribution is 0.0692. The molecule has 0 aliphatic carbocycles. The van der Waals surface area contributed by atoms with Gasteiger partial charge in [0.25, 0.3) is 0 Å². The van der Waals surface area contributed by atoms with Crippen LogP contribution in [0.25, 0.3) is 11.1 Å². The van der Waals surface area contributed by atoms with Crippen molar-refractivity contribution in [2.24, 2.45) is 0 Å². The molecule has 0 aliphatic heterocycles. The Hall–Kier alpha value is -2.30. The average Bonchev–Trinajstić information content (AvgIpc) is 2.31. The molecule has 0 fully saturated rings. The van der Waals surface area contributed by atoms with Crippen molar-refractivity contribution in [1.82, 2.24) is 0 Å². The fourth-order valence-corrected chi connectivity index (χ4v) is 1.63. The molecule has 0 radical (unpaired) electrons. The van der Waals surface area contributed by atoms with Crippen molar-refractivity contribution < 1.29 is 23.1 Å². The van der Waals surface area contributed by atoms with Crippen LogP contribution in [0.4, 0.5) is 13.2 Å². The largest absolute Gasteiger partial charge is 0.478 e. The molecule has 2 aromatic carbocycles. The first-order valence-corrected chi connectivity index (χ1v) is 4.98. The molecular weight excluding hydrogens is 245 g/mol. The van der Waals surface area contributed by atoms with Crippen LogP contribution in [-0.4, -0.2) is 11.1 Å². The lowest BCUT2D eigenvalue weighted by Gasteiger charge is -2.08. The van der Waals surface area contributed by atoms with Crippen molar-refractivity contribution in [2.75, 3.05) is 0 Å². The van der Waals surface area contributed by atoms with Gasteiger partial charge in [-0.3, -0.25) is 0 Å². The zero-order valence-electron chi connectivity index (χ0n) is 8.95. The summed E-state index contributed by atoms with van der Waals surface area (Å²) >= 11 is 0. The second-order valence-corrected chi connectivity index (χ2v) is 3.57. The van der Waals surface area contributed by atoms with Crippen LogP contribution >= 0.6 is 0 Å². The molecule has 2 aromatic rings. The third-order valence-electron chi connectivity index (χ3n) is 2.46. The van der Waals surface area contributed by atoms with Crippen LogP contribution in [-0.2, 0) is 0 Å². The highest BCUT2D eigenvalue weighted by Gasteiger charge is 2.21. The predicted octanol–water partition coefficient (Wildman–Crippen LogP) is 3.47. The normalized spacial score (nSPS) is 10.4. The number of aromatic carboxylic acids is 1. The zero-order chi connectivity index (χ0) is 13.3. The molecule has 0 atom stereocenters. The fourth-order valence-electron chi connectivity index (χ4n) is 1.63. The van der Waals surface area contributed by atoms with Gasteiger partial charge in [-0.2, -0.15) is 0 Å². The summed E-state index contributed by atoms with van der Waals surface area (Å²) in [4.78, 5) is 10.7. The minimum Gasteiger partial charge on any atom is -0.478 e. The third kappa shape index (κ3) is 1.95. The Balaban J connectivity index is 2.75. The Bertz CT molecular complexity index is 624. The molecule has 2 rings (SSSR count). The summed E-state index contributed by atoms with van der Waals surface area (Å²) in [5.74, 6) is -4.65. The summed E-state index contributed by atoms with van der Waals surface area (Å²) in [6, 6.07) is 6.61. The van der Waals surface area contributed by atoms with Gasteiger partial charge in [-0.25, -0.2) is 18.0 Å². The van der Waals surface area contributed by atoms with Crippen molar-refractivity contribution in [3.05, 3.63) is 59.4 Å². The number of carboxylic acids is 1. The fraction of sp³-hybridized carbons (Fsp3) is 0. The molecule has 1 N–H and O–H groups in total. The Morgan fingerprint density at radius 1 is 0.944 bits per heavy atom. The van der Waals surface area contributed by atoms with E-state index < -0.39 is 34.5 Å². The first-order chi connectivity index (χ1) is 8.52. The van der Waals surface area contributed by atoms with Gasteiger partial charge in [0.2, 0.25) is 0 Å². The topological polar surface area (TPSA) is 37.3 Å². The third-order valence-corrected chi connectivity index (χ3v) is 2.46. The molecular formula is C13H7F3O2. The minimum absolute atomic E-state index is 0.310. The van der Waals surface area contributed by atoms with Crippen molar-refractivity contribution in [3.8, 4) is 11.1 Å². The number of benzene rings is 2. The molecule has 5 heteroatoms. The summed E-state index contributed by atoms with van der Waals surface area (Å²) in [6.07, 6.45) is 0. The number of carboxylic acid groups (broad SMARTS) is 1. The van der Waals surface area contributed by atoms with E-state index in [2.05, 4.69) is 0 Å². The molecule has 0 aliphatic rings. The van der Waals surface area contributed by atoms with Gasteiger partial charge in [-0.05, 0) is 18.2 Å². The minimum atomic E-state index is -1.54. The van der Waals surface area contributed by atoms with Gasteiger partial charge in [0, 0.05) is 5.56 Å². The molecule has 0 spiro atoms. The molecule has 0 saturated heterocycles. The molecule has 0 unspecified atom stereocenters. The van der Waals surface area contributed by atoms with E-state index >= 15 is 0 Å². The SMILES string of the molecule is O=C(O)c1ccc(F)c(-c2ccccc2F)c1F. The highest BCUT2D eigenvalue weighted by molar-refractivity contribution is 5.90. The van der Waals surface area contributed by atoms with Crippen molar-refractivity contribution >= 4 is 5.97 Å². The summed E-state index contributed by atoms with van der Waals surface area (Å²) < 4.78 is 40.9. The molecule has 2 nitrogen and oxygen atoms in total. The predicted molar refractivity (Wildman–Crippen MR) is 58.7 cm³/mol. The lowest BCUT2D eigenvalue weighted by atomic mass is 10.0. The Morgan fingerprint density at radius 3 is 2.22 bits per heavy atom. The Kier molecular flexibility index (Phi) is 3.06. The van der Waals surface area contributed by atoms with Crippen LogP contribution in [0, 0.1) is 17.5 Å². The van der Waals surface area contributed by atoms with E-state index in [4.69, 9.17) is 5.11 Å². The van der Waals surface area contributed by atoms with E-state index in [9.17, 15) is 18.0 Å². The Morgan fingerprint density at radius 2 is 1.61 bits per heavy atom. The quantitative estimate of drug-likeness (QED) is 0.888. The first-order valence-electron chi connectivity index (χ1n) is 4.98. The second kappa shape index (κ2) is 4.52. The highest BCUT2D eigenvalue weighted by Crippen LogP contribution is 2.30. The van der Waals surface area contributed by atoms with E-state index in [1.165, 1.54) is 18.2 Å². The summed E-state index contributed by atoms with van der Waals surface area (Å²) in [6.45, 7) is 0. The molecule has 92 valence electrons. The van der Waals surface area contributed by atoms with Gasteiger partial charge in [-0.15, -0.1) is 0 Å². The monoisotopic (exact) mass is 252 g/mol. The molecule has 18 heavy (non-hydrogen) atoms. The summed E-state index contributed by atoms with van der Waals surface area (Å²) in [5, 5.41) is 8.74. The van der Waals surface area contributed by atoms with Crippen LogP contribution < -0.4 is 0 Å². The number of hydrogen-bond acceptors (Lipinski definition) is 1. The van der Waals surface area contributed by atoms with Crippen molar-refractivity contribution in [3.63, 3.8) is 0 Å². The van der Waals surface area contributed by atoms with Crippen LogP contribution in [0.2, 0.25) is 0 Å². The van der Waals surface area contributed by atoms with Gasteiger partial charge in [0.15, 0.2) is 0 Å². The van der Waals surface area contributed by atoms with E-state index in [1.54, 1.807) is 0 Å². The van der Waals surface area contributed by atoms with E-state index in [0.29, 0.717) is 0 Å². The van der Waals surface area contributed by atoms with Crippen molar-refractivity contribution in [1.29, 1.82) is 0 Å². The maximum Gasteiger partial charge on any atom is 0.338 e. The Labute approximate surface area is 100 Å². The average molecular weight is 252 g/mol. The number of hydrogen-bond donors (Lipinski definition) is 1. The standard InChI is InChI=1S/C13H7F3O2/c14-9-4-2-1-3-7(9)11-10(15)6-5-8(12(11)16)13(17)18/h1-6H,(H,17,18). The lowest BCUT2D eigenvalue weighted by Crippen LogP contribution is -2.04. The van der Waals surface area contributed by atoms with E-state index in [1.807, 2.05) is 0 Å². The second-order valence-electron chi connectivity index (χ2n) is 3.57. The molecule has 0 saturated carbocycles. The van der Waals surface area contributed by atoms with Gasteiger partial charge in [0.05, 0.1) is 11.1 Å². The first kappa shape index (κ1) is 12.2. The highest BCUT2D eigenvalue weighted by atomic mass is 19.1.